The number of halogens is 1. The molecule has 138 valence electrons. The summed E-state index contributed by atoms with van der Waals surface area (Å²) in [5.74, 6) is 0.552. The third kappa shape index (κ3) is 3.81. The summed E-state index contributed by atoms with van der Waals surface area (Å²) in [7, 11) is 0. The Bertz CT molecular complexity index is 806. The molecular formula is C23H29ClN2. The van der Waals surface area contributed by atoms with Gasteiger partial charge in [-0.3, -0.25) is 4.99 Å². The molecule has 3 rings (SSSR count). The second-order valence-corrected chi connectivity index (χ2v) is 8.51. The fraction of sp³-hybridized carbons (Fsp3) is 0.435. The van der Waals surface area contributed by atoms with Crippen molar-refractivity contribution in [1.82, 2.24) is 0 Å². The molecule has 2 aromatic rings. The van der Waals surface area contributed by atoms with Crippen molar-refractivity contribution < 1.29 is 0 Å². The molecule has 0 saturated carbocycles. The Hall–Kier alpha value is -1.80. The van der Waals surface area contributed by atoms with Crippen LogP contribution in [0.4, 0.5) is 11.4 Å². The first-order valence-corrected chi connectivity index (χ1v) is 9.91. The van der Waals surface area contributed by atoms with Gasteiger partial charge >= 0.3 is 0 Å². The van der Waals surface area contributed by atoms with Crippen molar-refractivity contribution in [1.29, 1.82) is 0 Å². The Morgan fingerprint density at radius 2 is 1.92 bits per heavy atom. The average Bonchev–Trinajstić information content (AvgIpc) is 2.58. The minimum absolute atomic E-state index is 0.202. The van der Waals surface area contributed by atoms with Crippen LogP contribution in [-0.4, -0.2) is 18.3 Å². The topological polar surface area (TPSA) is 15.6 Å². The van der Waals surface area contributed by atoms with Gasteiger partial charge in [0.05, 0.1) is 5.69 Å². The van der Waals surface area contributed by atoms with E-state index in [0.717, 1.165) is 23.7 Å². The number of hydrogen-bond acceptors (Lipinski definition) is 2. The van der Waals surface area contributed by atoms with Crippen LogP contribution in [0.3, 0.4) is 0 Å². The summed E-state index contributed by atoms with van der Waals surface area (Å²) < 4.78 is 0. The fourth-order valence-corrected chi connectivity index (χ4v) is 4.23. The van der Waals surface area contributed by atoms with Crippen LogP contribution in [0, 0.1) is 6.92 Å². The highest BCUT2D eigenvalue weighted by Crippen LogP contribution is 2.44. The van der Waals surface area contributed by atoms with E-state index in [0.29, 0.717) is 5.92 Å². The lowest BCUT2D eigenvalue weighted by atomic mass is 9.79. The predicted molar refractivity (Wildman–Crippen MR) is 115 cm³/mol. The van der Waals surface area contributed by atoms with Gasteiger partial charge in [-0.2, -0.15) is 0 Å². The lowest BCUT2D eigenvalue weighted by Gasteiger charge is -2.48. The van der Waals surface area contributed by atoms with E-state index in [4.69, 9.17) is 11.6 Å². The van der Waals surface area contributed by atoms with Crippen LogP contribution in [-0.2, 0) is 0 Å². The van der Waals surface area contributed by atoms with Gasteiger partial charge < -0.3 is 4.90 Å². The van der Waals surface area contributed by atoms with Crippen LogP contribution in [0.5, 0.6) is 0 Å². The van der Waals surface area contributed by atoms with Gasteiger partial charge in [0.15, 0.2) is 0 Å². The molecule has 0 N–H and O–H groups in total. The molecule has 0 saturated heterocycles. The van der Waals surface area contributed by atoms with E-state index in [9.17, 15) is 0 Å². The van der Waals surface area contributed by atoms with Crippen molar-refractivity contribution in [3.63, 3.8) is 0 Å². The van der Waals surface area contributed by atoms with Crippen LogP contribution in [0.25, 0.3) is 0 Å². The summed E-state index contributed by atoms with van der Waals surface area (Å²) in [6.07, 6.45) is 4.32. The summed E-state index contributed by atoms with van der Waals surface area (Å²) in [6.45, 7) is 12.6. The van der Waals surface area contributed by atoms with Gasteiger partial charge in [-0.05, 0) is 92.6 Å². The maximum atomic E-state index is 5.96. The molecule has 0 spiro atoms. The normalized spacial score (nSPS) is 19.0. The Kier molecular flexibility index (Phi) is 5.43. The minimum Gasteiger partial charge on any atom is -0.366 e. The molecule has 1 unspecified atom stereocenters. The Morgan fingerprint density at radius 1 is 1.23 bits per heavy atom. The summed E-state index contributed by atoms with van der Waals surface area (Å²) in [5, 5.41) is 0.737. The number of anilines is 1. The van der Waals surface area contributed by atoms with Crippen LogP contribution in [0.2, 0.25) is 5.02 Å². The number of aryl methyl sites for hydroxylation is 1. The SMILES string of the molecule is CCCN1c2cc(C)c(C=Nc3ccc(Cl)cc3)cc2C(C)CC1(C)C. The van der Waals surface area contributed by atoms with Crippen LogP contribution >= 0.6 is 11.6 Å². The Morgan fingerprint density at radius 3 is 2.58 bits per heavy atom. The van der Waals surface area contributed by atoms with Crippen LogP contribution in [0.1, 0.15) is 63.1 Å². The smallest absolute Gasteiger partial charge is 0.0630 e. The lowest BCUT2D eigenvalue weighted by molar-refractivity contribution is 0.376. The molecule has 0 fully saturated rings. The summed E-state index contributed by atoms with van der Waals surface area (Å²) in [6, 6.07) is 12.3. The Balaban J connectivity index is 1.98. The Labute approximate surface area is 162 Å². The van der Waals surface area contributed by atoms with Gasteiger partial charge in [-0.1, -0.05) is 25.4 Å². The van der Waals surface area contributed by atoms with Crippen molar-refractivity contribution >= 4 is 29.2 Å². The van der Waals surface area contributed by atoms with E-state index >= 15 is 0 Å². The molecule has 2 aromatic carbocycles. The quantitative estimate of drug-likeness (QED) is 0.536. The molecule has 0 radical (unpaired) electrons. The lowest BCUT2D eigenvalue weighted by Crippen LogP contribution is -2.48. The molecule has 3 heteroatoms. The van der Waals surface area contributed by atoms with E-state index < -0.39 is 0 Å². The molecule has 26 heavy (non-hydrogen) atoms. The maximum absolute atomic E-state index is 5.96. The van der Waals surface area contributed by atoms with Crippen LogP contribution < -0.4 is 4.90 Å². The number of aliphatic imine (C=N–C) groups is 1. The average molecular weight is 369 g/mol. The van der Waals surface area contributed by atoms with E-state index in [1.165, 1.54) is 28.8 Å². The highest BCUT2D eigenvalue weighted by Gasteiger charge is 2.36. The van der Waals surface area contributed by atoms with Crippen molar-refractivity contribution in [2.75, 3.05) is 11.4 Å². The minimum atomic E-state index is 0.202. The monoisotopic (exact) mass is 368 g/mol. The first-order chi connectivity index (χ1) is 12.3. The van der Waals surface area contributed by atoms with E-state index in [1.54, 1.807) is 0 Å². The third-order valence-electron chi connectivity index (χ3n) is 5.40. The molecule has 1 aliphatic rings. The highest BCUT2D eigenvalue weighted by molar-refractivity contribution is 6.30. The first-order valence-electron chi connectivity index (χ1n) is 9.53. The van der Waals surface area contributed by atoms with Gasteiger partial charge in [0.25, 0.3) is 0 Å². The zero-order valence-electron chi connectivity index (χ0n) is 16.5. The van der Waals surface area contributed by atoms with Gasteiger partial charge in [0.2, 0.25) is 0 Å². The third-order valence-corrected chi connectivity index (χ3v) is 5.65. The second-order valence-electron chi connectivity index (χ2n) is 8.07. The molecule has 1 atom stereocenters. The predicted octanol–water partition coefficient (Wildman–Crippen LogP) is 6.90. The molecular weight excluding hydrogens is 340 g/mol. The van der Waals surface area contributed by atoms with Crippen molar-refractivity contribution in [3.8, 4) is 0 Å². The maximum Gasteiger partial charge on any atom is 0.0630 e. The number of rotatable bonds is 4. The van der Waals surface area contributed by atoms with Crippen LogP contribution in [0.15, 0.2) is 41.4 Å². The second kappa shape index (κ2) is 7.44. The number of nitrogens with zero attached hydrogens (tertiary/aromatic N) is 2. The molecule has 0 amide bonds. The van der Waals surface area contributed by atoms with Crippen molar-refractivity contribution in [2.45, 2.75) is 58.9 Å². The van der Waals surface area contributed by atoms with Gasteiger partial charge in [-0.25, -0.2) is 0 Å². The number of hydrogen-bond donors (Lipinski definition) is 0. The summed E-state index contributed by atoms with van der Waals surface area (Å²) >= 11 is 5.96. The molecule has 1 heterocycles. The van der Waals surface area contributed by atoms with Gasteiger partial charge in [0, 0.05) is 29.0 Å². The van der Waals surface area contributed by atoms with E-state index in [-0.39, 0.29) is 5.54 Å². The molecule has 0 aromatic heterocycles. The summed E-state index contributed by atoms with van der Waals surface area (Å²) in [5.41, 5.74) is 6.44. The van der Waals surface area contributed by atoms with Gasteiger partial charge in [-0.15, -0.1) is 0 Å². The number of benzene rings is 2. The molecule has 2 nitrogen and oxygen atoms in total. The molecule has 0 aliphatic carbocycles. The van der Waals surface area contributed by atoms with E-state index in [1.807, 2.05) is 30.5 Å². The molecule has 0 bridgehead atoms. The highest BCUT2D eigenvalue weighted by atomic mass is 35.5. The zero-order valence-corrected chi connectivity index (χ0v) is 17.3. The number of fused-ring (bicyclic) bond motifs is 1. The summed E-state index contributed by atoms with van der Waals surface area (Å²) in [4.78, 5) is 7.23. The van der Waals surface area contributed by atoms with Gasteiger partial charge in [0.1, 0.15) is 0 Å². The fourth-order valence-electron chi connectivity index (χ4n) is 4.11. The van der Waals surface area contributed by atoms with Crippen molar-refractivity contribution in [3.05, 3.63) is 58.1 Å². The largest absolute Gasteiger partial charge is 0.366 e. The molecule has 1 aliphatic heterocycles. The van der Waals surface area contributed by atoms with Crippen molar-refractivity contribution in [2.24, 2.45) is 4.99 Å². The standard InChI is InChI=1S/C23H29ClN2/c1-6-11-26-22-12-16(2)18(13-21(22)17(3)14-23(26,4)5)15-25-20-9-7-19(24)8-10-20/h7-10,12-13,15,17H,6,11,14H2,1-5H3. The van der Waals surface area contributed by atoms with E-state index in [2.05, 4.69) is 56.6 Å². The zero-order chi connectivity index (χ0) is 18.9. The first kappa shape index (κ1) is 19.0.